The van der Waals surface area contributed by atoms with Gasteiger partial charge < -0.3 is 20.9 Å². The van der Waals surface area contributed by atoms with Crippen LogP contribution < -0.4 is 11.5 Å². The molecule has 0 unspecified atom stereocenters. The molecule has 0 aromatic carbocycles. The number of hydrogen-bond donors (Lipinski definition) is 2. The highest BCUT2D eigenvalue weighted by molar-refractivity contribution is 5.89. The lowest BCUT2D eigenvalue weighted by Gasteiger charge is -2.08. The molecule has 0 saturated carbocycles. The Balaban J connectivity index is 2.71. The van der Waals surface area contributed by atoms with Crippen molar-refractivity contribution in [2.75, 3.05) is 0 Å². The van der Waals surface area contributed by atoms with Crippen molar-refractivity contribution in [2.24, 2.45) is 11.5 Å². The van der Waals surface area contributed by atoms with Gasteiger partial charge in [-0.25, -0.2) is 0 Å². The summed E-state index contributed by atoms with van der Waals surface area (Å²) in [5.41, 5.74) is 9.98. The Hall–Kier alpha value is -1.14. The third-order valence-electron chi connectivity index (χ3n) is 1.77. The Kier molecular flexibility index (Phi) is 2.84. The highest BCUT2D eigenvalue weighted by Crippen LogP contribution is 2.20. The maximum Gasteiger partial charge on any atom is 0.249 e. The summed E-state index contributed by atoms with van der Waals surface area (Å²) in [6.07, 6.45) is -2.15. The number of primary amides is 2. The molecule has 6 heteroatoms. The summed E-state index contributed by atoms with van der Waals surface area (Å²) < 4.78 is 10.1. The highest BCUT2D eigenvalue weighted by atomic mass is 16.7. The lowest BCUT2D eigenvalue weighted by molar-refractivity contribution is -0.133. The lowest BCUT2D eigenvalue weighted by Crippen LogP contribution is -2.44. The van der Waals surface area contributed by atoms with Gasteiger partial charge in [-0.2, -0.15) is 0 Å². The molecule has 1 aliphatic heterocycles. The maximum atomic E-state index is 10.8. The fourth-order valence-electron chi connectivity index (χ4n) is 1.13. The van der Waals surface area contributed by atoms with Crippen molar-refractivity contribution in [2.45, 2.75) is 31.8 Å². The van der Waals surface area contributed by atoms with Gasteiger partial charge in [-0.05, 0) is 6.42 Å². The number of hydrogen-bond acceptors (Lipinski definition) is 4. The monoisotopic (exact) mass is 188 g/mol. The zero-order valence-electron chi connectivity index (χ0n) is 7.23. The van der Waals surface area contributed by atoms with E-state index in [-0.39, 0.29) is 0 Å². The summed E-state index contributed by atoms with van der Waals surface area (Å²) >= 11 is 0. The van der Waals surface area contributed by atoms with Crippen molar-refractivity contribution in [3.63, 3.8) is 0 Å². The van der Waals surface area contributed by atoms with Gasteiger partial charge in [0.1, 0.15) is 0 Å². The summed E-state index contributed by atoms with van der Waals surface area (Å²) in [5.74, 6) is -1.47. The fourth-order valence-corrected chi connectivity index (χ4v) is 1.13. The molecule has 4 N–H and O–H groups in total. The topological polar surface area (TPSA) is 105 Å². The summed E-state index contributed by atoms with van der Waals surface area (Å²) in [5, 5.41) is 0. The van der Waals surface area contributed by atoms with Gasteiger partial charge in [0.05, 0.1) is 0 Å². The van der Waals surface area contributed by atoms with E-state index in [2.05, 4.69) is 0 Å². The number of amides is 2. The second-order valence-electron chi connectivity index (χ2n) is 2.76. The van der Waals surface area contributed by atoms with E-state index < -0.39 is 30.3 Å². The normalized spacial score (nSPS) is 29.0. The lowest BCUT2D eigenvalue weighted by atomic mass is 10.2. The Morgan fingerprint density at radius 3 is 1.77 bits per heavy atom. The highest BCUT2D eigenvalue weighted by Gasteiger charge is 2.42. The van der Waals surface area contributed by atoms with Crippen LogP contribution in [0.15, 0.2) is 0 Å². The van der Waals surface area contributed by atoms with Crippen LogP contribution in [-0.4, -0.2) is 30.3 Å². The van der Waals surface area contributed by atoms with Gasteiger partial charge in [-0.1, -0.05) is 6.92 Å². The van der Waals surface area contributed by atoms with E-state index in [0.717, 1.165) is 0 Å². The van der Waals surface area contributed by atoms with E-state index >= 15 is 0 Å². The molecule has 0 aliphatic carbocycles. The molecule has 0 aromatic heterocycles. The molecule has 1 fully saturated rings. The van der Waals surface area contributed by atoms with E-state index in [0.29, 0.717) is 6.42 Å². The van der Waals surface area contributed by atoms with Crippen LogP contribution in [0.25, 0.3) is 0 Å². The van der Waals surface area contributed by atoms with Gasteiger partial charge >= 0.3 is 0 Å². The first-order valence-electron chi connectivity index (χ1n) is 3.95. The number of nitrogens with two attached hydrogens (primary N) is 2. The molecule has 74 valence electrons. The van der Waals surface area contributed by atoms with Gasteiger partial charge in [-0.15, -0.1) is 0 Å². The Morgan fingerprint density at radius 1 is 1.15 bits per heavy atom. The van der Waals surface area contributed by atoms with Gasteiger partial charge in [0.15, 0.2) is 18.5 Å². The van der Waals surface area contributed by atoms with E-state index in [4.69, 9.17) is 20.9 Å². The average molecular weight is 188 g/mol. The molecular weight excluding hydrogens is 176 g/mol. The molecule has 2 amide bonds. The van der Waals surface area contributed by atoms with Crippen molar-refractivity contribution in [1.82, 2.24) is 0 Å². The first-order valence-corrected chi connectivity index (χ1v) is 3.95. The quantitative estimate of drug-likeness (QED) is 0.561. The number of ether oxygens (including phenoxy) is 2. The number of carbonyl (C=O) groups excluding carboxylic acids is 2. The zero-order valence-corrected chi connectivity index (χ0v) is 7.23. The van der Waals surface area contributed by atoms with Gasteiger partial charge in [0.2, 0.25) is 11.8 Å². The molecule has 1 saturated heterocycles. The Bertz CT molecular complexity index is 209. The standard InChI is InChI=1S/C7H12N2O4/c1-2-3-12-4(6(8)10)5(13-3)7(9)11/h3-5H,2H2,1H3,(H2,8,10)(H2,9,11)/t4-,5-/m0/s1. The largest absolute Gasteiger partial charge is 0.367 e. The molecular formula is C7H12N2O4. The van der Waals surface area contributed by atoms with Crippen LogP contribution in [0.4, 0.5) is 0 Å². The summed E-state index contributed by atoms with van der Waals surface area (Å²) in [7, 11) is 0. The predicted molar refractivity (Wildman–Crippen MR) is 42.2 cm³/mol. The molecule has 2 atom stereocenters. The summed E-state index contributed by atoms with van der Waals surface area (Å²) in [6, 6.07) is 0. The minimum atomic E-state index is -1.05. The second kappa shape index (κ2) is 3.71. The predicted octanol–water partition coefficient (Wildman–Crippen LogP) is -1.52. The van der Waals surface area contributed by atoms with E-state index in [9.17, 15) is 9.59 Å². The van der Waals surface area contributed by atoms with E-state index in [1.807, 2.05) is 0 Å². The Morgan fingerprint density at radius 2 is 1.54 bits per heavy atom. The van der Waals surface area contributed by atoms with Crippen molar-refractivity contribution in [3.05, 3.63) is 0 Å². The molecule has 0 spiro atoms. The van der Waals surface area contributed by atoms with Gasteiger partial charge in [0.25, 0.3) is 0 Å². The van der Waals surface area contributed by atoms with E-state index in [1.165, 1.54) is 0 Å². The molecule has 1 aliphatic rings. The third kappa shape index (κ3) is 1.96. The van der Waals surface area contributed by atoms with E-state index in [1.54, 1.807) is 6.92 Å². The van der Waals surface area contributed by atoms with Gasteiger partial charge in [-0.3, -0.25) is 9.59 Å². The Labute approximate surface area is 75.2 Å². The molecule has 0 radical (unpaired) electrons. The van der Waals surface area contributed by atoms with Crippen molar-refractivity contribution >= 4 is 11.8 Å². The minimum absolute atomic E-state index is 0.535. The third-order valence-corrected chi connectivity index (χ3v) is 1.77. The summed E-state index contributed by atoms with van der Waals surface area (Å²) in [4.78, 5) is 21.6. The zero-order chi connectivity index (χ0) is 10.0. The van der Waals surface area contributed by atoms with Crippen LogP contribution in [0, 0.1) is 0 Å². The molecule has 0 bridgehead atoms. The average Bonchev–Trinajstić information content (AvgIpc) is 2.47. The number of carbonyl (C=O) groups is 2. The molecule has 1 heterocycles. The fraction of sp³-hybridized carbons (Fsp3) is 0.714. The van der Waals surface area contributed by atoms with Crippen LogP contribution in [0.2, 0.25) is 0 Å². The second-order valence-corrected chi connectivity index (χ2v) is 2.76. The molecule has 1 rings (SSSR count). The SMILES string of the molecule is CCC1O[C@H](C(N)=O)[C@@H](C(N)=O)O1. The molecule has 0 aromatic rings. The van der Waals surface area contributed by atoms with Crippen molar-refractivity contribution < 1.29 is 19.1 Å². The molecule has 6 nitrogen and oxygen atoms in total. The maximum absolute atomic E-state index is 10.8. The van der Waals surface area contributed by atoms with Crippen LogP contribution in [-0.2, 0) is 19.1 Å². The molecule has 13 heavy (non-hydrogen) atoms. The van der Waals surface area contributed by atoms with Gasteiger partial charge in [0, 0.05) is 0 Å². The summed E-state index contributed by atoms with van der Waals surface area (Å²) in [6.45, 7) is 1.80. The first-order chi connectivity index (χ1) is 6.06. The van der Waals surface area contributed by atoms with Crippen molar-refractivity contribution in [3.8, 4) is 0 Å². The smallest absolute Gasteiger partial charge is 0.249 e. The minimum Gasteiger partial charge on any atom is -0.367 e. The van der Waals surface area contributed by atoms with Crippen LogP contribution in [0.1, 0.15) is 13.3 Å². The van der Waals surface area contributed by atoms with Crippen LogP contribution in [0.5, 0.6) is 0 Å². The first kappa shape index (κ1) is 9.94. The van der Waals surface area contributed by atoms with Crippen LogP contribution in [0.3, 0.4) is 0 Å². The number of rotatable bonds is 3. The van der Waals surface area contributed by atoms with Crippen LogP contribution >= 0.6 is 0 Å². The van der Waals surface area contributed by atoms with Crippen molar-refractivity contribution in [1.29, 1.82) is 0 Å².